The molecule has 0 radical (unpaired) electrons. The van der Waals surface area contributed by atoms with Crippen molar-refractivity contribution in [2.24, 2.45) is 10.4 Å². The van der Waals surface area contributed by atoms with Gasteiger partial charge in [0.2, 0.25) is 5.90 Å². The largest absolute Gasteiger partial charge is 0.475 e. The van der Waals surface area contributed by atoms with Crippen LogP contribution in [0.4, 0.5) is 0 Å². The molecule has 0 amide bonds. The molecule has 0 aromatic heterocycles. The molecule has 1 unspecified atom stereocenters. The maximum absolute atomic E-state index is 6.10. The Morgan fingerprint density at radius 3 is 1.86 bits per heavy atom. The maximum Gasteiger partial charge on any atom is 0.217 e. The summed E-state index contributed by atoms with van der Waals surface area (Å²) in [6.45, 7) is 7.32. The second kappa shape index (κ2) is 7.89. The van der Waals surface area contributed by atoms with E-state index in [0.717, 1.165) is 11.5 Å². The third-order valence-corrected chi connectivity index (χ3v) is 7.56. The SMILES string of the molecule is CC(C)(C)C1COC(c2ccccc2P(c2ccccc2)c2ccccc2)=N1. The van der Waals surface area contributed by atoms with Crippen molar-refractivity contribution in [3.63, 3.8) is 0 Å². The second-order valence-electron chi connectivity index (χ2n) is 8.15. The molecule has 0 saturated carbocycles. The van der Waals surface area contributed by atoms with E-state index in [1.54, 1.807) is 0 Å². The molecule has 0 saturated heterocycles. The van der Waals surface area contributed by atoms with E-state index in [1.807, 2.05) is 0 Å². The molecule has 3 aromatic carbocycles. The van der Waals surface area contributed by atoms with E-state index in [0.29, 0.717) is 6.61 Å². The number of aliphatic imine (C=N–C) groups is 1. The molecule has 142 valence electrons. The number of hydrogen-bond donors (Lipinski definition) is 0. The molecule has 0 bridgehead atoms. The maximum atomic E-state index is 6.10. The molecule has 0 N–H and O–H groups in total. The molecule has 0 spiro atoms. The molecule has 0 fully saturated rings. The van der Waals surface area contributed by atoms with Gasteiger partial charge in [-0.2, -0.15) is 0 Å². The van der Waals surface area contributed by atoms with Crippen LogP contribution in [0, 0.1) is 5.41 Å². The van der Waals surface area contributed by atoms with E-state index < -0.39 is 7.92 Å². The molecule has 28 heavy (non-hydrogen) atoms. The summed E-state index contributed by atoms with van der Waals surface area (Å²) in [5, 5.41) is 3.97. The van der Waals surface area contributed by atoms with Crippen molar-refractivity contribution < 1.29 is 4.74 Å². The highest BCUT2D eigenvalue weighted by Gasteiger charge is 2.32. The van der Waals surface area contributed by atoms with E-state index in [9.17, 15) is 0 Å². The van der Waals surface area contributed by atoms with Crippen molar-refractivity contribution in [2.45, 2.75) is 26.8 Å². The van der Waals surface area contributed by atoms with Gasteiger partial charge in [-0.15, -0.1) is 0 Å². The average Bonchev–Trinajstić information content (AvgIpc) is 3.21. The van der Waals surface area contributed by atoms with Crippen molar-refractivity contribution in [1.29, 1.82) is 0 Å². The van der Waals surface area contributed by atoms with Gasteiger partial charge >= 0.3 is 0 Å². The van der Waals surface area contributed by atoms with Gasteiger partial charge in [-0.25, -0.2) is 4.99 Å². The highest BCUT2D eigenvalue weighted by Crippen LogP contribution is 2.35. The summed E-state index contributed by atoms with van der Waals surface area (Å²) >= 11 is 0. The van der Waals surface area contributed by atoms with Crippen LogP contribution in [0.25, 0.3) is 0 Å². The lowest BCUT2D eigenvalue weighted by molar-refractivity contribution is 0.236. The van der Waals surface area contributed by atoms with E-state index in [1.165, 1.54) is 15.9 Å². The zero-order valence-corrected chi connectivity index (χ0v) is 17.6. The van der Waals surface area contributed by atoms with E-state index in [-0.39, 0.29) is 11.5 Å². The van der Waals surface area contributed by atoms with Crippen LogP contribution in [0.1, 0.15) is 26.3 Å². The van der Waals surface area contributed by atoms with Gasteiger partial charge in [-0.3, -0.25) is 0 Å². The summed E-state index contributed by atoms with van der Waals surface area (Å²) in [7, 11) is -0.686. The van der Waals surface area contributed by atoms with Crippen molar-refractivity contribution >= 4 is 29.7 Å². The summed E-state index contributed by atoms with van der Waals surface area (Å²) in [5.41, 5.74) is 1.22. The highest BCUT2D eigenvalue weighted by molar-refractivity contribution is 7.80. The van der Waals surface area contributed by atoms with E-state index >= 15 is 0 Å². The molecular formula is C25H26NOP. The third kappa shape index (κ3) is 3.88. The lowest BCUT2D eigenvalue weighted by Gasteiger charge is -2.22. The predicted octanol–water partition coefficient (Wildman–Crippen LogP) is 4.64. The van der Waals surface area contributed by atoms with Gasteiger partial charge in [0.1, 0.15) is 6.61 Å². The first kappa shape index (κ1) is 18.9. The quantitative estimate of drug-likeness (QED) is 0.598. The molecule has 3 aromatic rings. The fourth-order valence-corrected chi connectivity index (χ4v) is 5.84. The first-order chi connectivity index (χ1) is 13.5. The molecule has 1 atom stereocenters. The Hall–Kier alpha value is -2.44. The second-order valence-corrected chi connectivity index (χ2v) is 10.3. The Bertz CT molecular complexity index is 921. The Morgan fingerprint density at radius 1 is 0.786 bits per heavy atom. The first-order valence-corrected chi connectivity index (χ1v) is 11.1. The number of benzene rings is 3. The molecule has 3 heteroatoms. The predicted molar refractivity (Wildman–Crippen MR) is 121 cm³/mol. The fraction of sp³-hybridized carbons (Fsp3) is 0.240. The van der Waals surface area contributed by atoms with Gasteiger partial charge in [-0.05, 0) is 35.3 Å². The van der Waals surface area contributed by atoms with Crippen LogP contribution in [0.3, 0.4) is 0 Å². The molecule has 4 rings (SSSR count). The molecule has 1 heterocycles. The zero-order chi connectivity index (χ0) is 19.6. The van der Waals surface area contributed by atoms with E-state index in [2.05, 4.69) is 106 Å². The smallest absolute Gasteiger partial charge is 0.217 e. The molecule has 2 nitrogen and oxygen atoms in total. The summed E-state index contributed by atoms with van der Waals surface area (Å²) in [4.78, 5) is 4.96. The van der Waals surface area contributed by atoms with Crippen molar-refractivity contribution in [2.75, 3.05) is 6.61 Å². The van der Waals surface area contributed by atoms with Crippen LogP contribution in [0.2, 0.25) is 0 Å². The third-order valence-electron chi connectivity index (χ3n) is 5.05. The Balaban J connectivity index is 1.83. The normalized spacial score (nSPS) is 16.7. The van der Waals surface area contributed by atoms with Crippen LogP contribution in [0.15, 0.2) is 89.9 Å². The number of nitrogens with zero attached hydrogens (tertiary/aromatic N) is 1. The van der Waals surface area contributed by atoms with Crippen LogP contribution in [-0.4, -0.2) is 18.5 Å². The molecule has 1 aliphatic heterocycles. The zero-order valence-electron chi connectivity index (χ0n) is 16.7. The first-order valence-electron chi connectivity index (χ1n) is 9.74. The fourth-order valence-electron chi connectivity index (χ4n) is 3.40. The van der Waals surface area contributed by atoms with Crippen molar-refractivity contribution in [3.05, 3.63) is 90.5 Å². The van der Waals surface area contributed by atoms with Crippen molar-refractivity contribution in [3.8, 4) is 0 Å². The lowest BCUT2D eigenvalue weighted by atomic mass is 9.88. The van der Waals surface area contributed by atoms with Crippen LogP contribution in [-0.2, 0) is 4.74 Å². The van der Waals surface area contributed by atoms with Gasteiger partial charge in [-0.1, -0.05) is 99.6 Å². The number of rotatable bonds is 4. The number of ether oxygens (including phenoxy) is 1. The Kier molecular flexibility index (Phi) is 5.33. The minimum Gasteiger partial charge on any atom is -0.475 e. The molecular weight excluding hydrogens is 361 g/mol. The van der Waals surface area contributed by atoms with Gasteiger partial charge in [0.05, 0.1) is 6.04 Å². The van der Waals surface area contributed by atoms with Gasteiger partial charge < -0.3 is 4.74 Å². The summed E-state index contributed by atoms with van der Waals surface area (Å²) in [6, 6.07) is 30.3. The van der Waals surface area contributed by atoms with Gasteiger partial charge in [0.15, 0.2) is 0 Å². The van der Waals surface area contributed by atoms with Crippen molar-refractivity contribution in [1.82, 2.24) is 0 Å². The summed E-state index contributed by atoms with van der Waals surface area (Å²) in [6.07, 6.45) is 0. The van der Waals surface area contributed by atoms with Gasteiger partial charge in [0.25, 0.3) is 0 Å². The average molecular weight is 387 g/mol. The monoisotopic (exact) mass is 387 g/mol. The minimum atomic E-state index is -0.686. The topological polar surface area (TPSA) is 21.6 Å². The van der Waals surface area contributed by atoms with E-state index in [4.69, 9.17) is 9.73 Å². The number of hydrogen-bond acceptors (Lipinski definition) is 2. The lowest BCUT2D eigenvalue weighted by Crippen LogP contribution is -2.25. The van der Waals surface area contributed by atoms with Crippen LogP contribution >= 0.6 is 7.92 Å². The Labute approximate surface area is 169 Å². The van der Waals surface area contributed by atoms with Crippen LogP contribution < -0.4 is 15.9 Å². The minimum absolute atomic E-state index is 0.0975. The highest BCUT2D eigenvalue weighted by atomic mass is 31.1. The Morgan fingerprint density at radius 2 is 1.32 bits per heavy atom. The van der Waals surface area contributed by atoms with Gasteiger partial charge in [0, 0.05) is 5.56 Å². The molecule has 1 aliphatic rings. The summed E-state index contributed by atoms with van der Waals surface area (Å²) < 4.78 is 6.10. The standard InChI is InChI=1S/C25H26NOP/c1-25(2,3)23-18-27-24(26-23)21-16-10-11-17-22(21)28(19-12-6-4-7-13-19)20-14-8-5-9-15-20/h4-17,23H,18H2,1-3H3. The molecule has 0 aliphatic carbocycles. The van der Waals surface area contributed by atoms with Crippen LogP contribution in [0.5, 0.6) is 0 Å². The summed E-state index contributed by atoms with van der Waals surface area (Å²) in [5.74, 6) is 0.787.